The summed E-state index contributed by atoms with van der Waals surface area (Å²) >= 11 is 0. The van der Waals surface area contributed by atoms with Crippen molar-refractivity contribution in [1.82, 2.24) is 9.80 Å². The zero-order valence-electron chi connectivity index (χ0n) is 21.6. The summed E-state index contributed by atoms with van der Waals surface area (Å²) in [4.78, 5) is 37.2. The maximum Gasteiger partial charge on any atom is 0.335 e. The van der Waals surface area contributed by atoms with Crippen molar-refractivity contribution < 1.29 is 39.2 Å². The molecule has 1 aromatic rings. The van der Waals surface area contributed by atoms with Crippen molar-refractivity contribution in [2.24, 2.45) is 0 Å². The van der Waals surface area contributed by atoms with Crippen LogP contribution in [0.5, 0.6) is 5.75 Å². The number of carbonyl (C=O) groups is 3. The summed E-state index contributed by atoms with van der Waals surface area (Å²) in [5.41, 5.74) is 1.07. The lowest BCUT2D eigenvalue weighted by Crippen LogP contribution is -2.46. The molecular formula is C27H40N2O8. The number of carbonyl (C=O) groups excluding carboxylic acids is 2. The highest BCUT2D eigenvalue weighted by atomic mass is 16.5. The number of piperidine rings is 1. The third-order valence-corrected chi connectivity index (χ3v) is 7.17. The monoisotopic (exact) mass is 520 g/mol. The minimum atomic E-state index is -2.02. The molecule has 1 aliphatic carbocycles. The molecule has 10 nitrogen and oxygen atoms in total. The smallest absolute Gasteiger partial charge is 0.335 e. The average molecular weight is 521 g/mol. The van der Waals surface area contributed by atoms with Crippen molar-refractivity contribution in [1.29, 1.82) is 0 Å². The number of aliphatic hydroxyl groups is 2. The van der Waals surface area contributed by atoms with E-state index < -0.39 is 24.0 Å². The highest BCUT2D eigenvalue weighted by Gasteiger charge is 2.29. The number of ether oxygens (including phenoxy) is 2. The molecule has 10 heteroatoms. The first-order chi connectivity index (χ1) is 17.7. The second-order valence-electron chi connectivity index (χ2n) is 10.0. The Balaban J connectivity index is 0.000000325. The molecule has 2 atom stereocenters. The number of likely N-dealkylation sites (tertiary alicyclic amines) is 1. The van der Waals surface area contributed by atoms with Gasteiger partial charge in [0.05, 0.1) is 19.8 Å². The molecule has 2 heterocycles. The Bertz CT molecular complexity index is 857. The number of rotatable bonds is 10. The van der Waals surface area contributed by atoms with E-state index in [1.54, 1.807) is 0 Å². The van der Waals surface area contributed by atoms with E-state index in [2.05, 4.69) is 9.80 Å². The number of carboxylic acid groups (broad SMARTS) is 1. The Morgan fingerprint density at radius 1 is 0.973 bits per heavy atom. The summed E-state index contributed by atoms with van der Waals surface area (Å²) in [7, 11) is 0. The zero-order valence-corrected chi connectivity index (χ0v) is 21.6. The van der Waals surface area contributed by atoms with Crippen LogP contribution in [-0.2, 0) is 25.5 Å². The highest BCUT2D eigenvalue weighted by Crippen LogP contribution is 2.28. The normalized spacial score (nSPS) is 21.2. The van der Waals surface area contributed by atoms with Crippen LogP contribution in [0, 0.1) is 0 Å². The van der Waals surface area contributed by atoms with E-state index in [1.165, 1.54) is 32.4 Å². The van der Waals surface area contributed by atoms with Crippen molar-refractivity contribution >= 4 is 17.5 Å². The van der Waals surface area contributed by atoms with Gasteiger partial charge in [-0.25, -0.2) is 4.79 Å². The third-order valence-electron chi connectivity index (χ3n) is 7.17. The molecule has 0 amide bonds. The lowest BCUT2D eigenvalue weighted by atomic mass is 9.90. The number of carboxylic acids is 1. The number of aliphatic carboxylic acids is 1. The molecule has 1 aromatic carbocycles. The topological polar surface area (TPSA) is 137 Å². The van der Waals surface area contributed by atoms with Crippen LogP contribution in [0.4, 0.5) is 0 Å². The van der Waals surface area contributed by atoms with E-state index in [9.17, 15) is 14.4 Å². The van der Waals surface area contributed by atoms with Gasteiger partial charge in [0.25, 0.3) is 0 Å². The number of Topliss-reactive ketones (excluding diaryl/α,β-unsaturated/α-hetero) is 2. The Morgan fingerprint density at radius 2 is 1.59 bits per heavy atom. The van der Waals surface area contributed by atoms with Gasteiger partial charge in [-0.15, -0.1) is 0 Å². The summed E-state index contributed by atoms with van der Waals surface area (Å²) in [6.45, 7) is 7.05. The van der Waals surface area contributed by atoms with Gasteiger partial charge < -0.3 is 29.7 Å². The number of aliphatic hydroxyl groups excluding tert-OH is 2. The summed E-state index contributed by atoms with van der Waals surface area (Å²) in [6, 6.07) is 8.97. The van der Waals surface area contributed by atoms with Gasteiger partial charge in [-0.3, -0.25) is 14.5 Å². The second-order valence-corrected chi connectivity index (χ2v) is 10.0. The van der Waals surface area contributed by atoms with Crippen LogP contribution in [0.1, 0.15) is 44.6 Å². The molecule has 2 unspecified atom stereocenters. The fourth-order valence-corrected chi connectivity index (χ4v) is 4.64. The fourth-order valence-electron chi connectivity index (χ4n) is 4.64. The summed E-state index contributed by atoms with van der Waals surface area (Å²) in [5, 5.41) is 25.1. The van der Waals surface area contributed by atoms with Crippen LogP contribution in [0.3, 0.4) is 0 Å². The van der Waals surface area contributed by atoms with E-state index in [0.29, 0.717) is 19.1 Å². The Labute approximate surface area is 218 Å². The van der Waals surface area contributed by atoms with E-state index >= 15 is 0 Å². The number of benzene rings is 1. The largest absolute Gasteiger partial charge is 0.490 e. The number of hydrogen-bond donors (Lipinski definition) is 3. The molecule has 3 fully saturated rings. The molecule has 3 aliphatic rings. The number of ketones is 2. The molecule has 37 heavy (non-hydrogen) atoms. The maximum absolute atomic E-state index is 12.3. The SMILES string of the molecule is CC(=O)C(O)C(O)C(=O)O.O=C(Cc1ccc(OC2CCN(C3CCC3)CC2)cc1)CN1CCOCC1. The lowest BCUT2D eigenvalue weighted by Gasteiger charge is -2.41. The summed E-state index contributed by atoms with van der Waals surface area (Å²) in [6.07, 6.45) is 3.41. The van der Waals surface area contributed by atoms with E-state index in [4.69, 9.17) is 24.8 Å². The van der Waals surface area contributed by atoms with Gasteiger partial charge in [0.1, 0.15) is 18.0 Å². The van der Waals surface area contributed by atoms with Gasteiger partial charge in [-0.2, -0.15) is 0 Å². The van der Waals surface area contributed by atoms with Gasteiger partial charge in [0.15, 0.2) is 17.7 Å². The number of hydrogen-bond acceptors (Lipinski definition) is 9. The molecule has 2 aliphatic heterocycles. The quantitative estimate of drug-likeness (QED) is 0.408. The number of nitrogens with zero attached hydrogens (tertiary/aromatic N) is 2. The van der Waals surface area contributed by atoms with Crippen molar-refractivity contribution in [3.05, 3.63) is 29.8 Å². The molecular weight excluding hydrogens is 480 g/mol. The van der Waals surface area contributed by atoms with Gasteiger partial charge in [-0.05, 0) is 50.3 Å². The molecule has 0 radical (unpaired) electrons. The van der Waals surface area contributed by atoms with Crippen molar-refractivity contribution in [2.75, 3.05) is 45.9 Å². The lowest BCUT2D eigenvalue weighted by molar-refractivity contribution is -0.156. The Morgan fingerprint density at radius 3 is 2.08 bits per heavy atom. The first kappa shape index (κ1) is 29.2. The predicted molar refractivity (Wildman–Crippen MR) is 136 cm³/mol. The highest BCUT2D eigenvalue weighted by molar-refractivity contribution is 5.87. The zero-order chi connectivity index (χ0) is 26.8. The third kappa shape index (κ3) is 9.46. The van der Waals surface area contributed by atoms with Gasteiger partial charge >= 0.3 is 5.97 Å². The average Bonchev–Trinajstić information content (AvgIpc) is 2.85. The van der Waals surface area contributed by atoms with Gasteiger partial charge in [0.2, 0.25) is 0 Å². The van der Waals surface area contributed by atoms with Crippen molar-refractivity contribution in [3.8, 4) is 5.75 Å². The van der Waals surface area contributed by atoms with Crippen LogP contribution in [0.25, 0.3) is 0 Å². The number of morpholine rings is 1. The van der Waals surface area contributed by atoms with E-state index in [1.807, 2.05) is 24.3 Å². The van der Waals surface area contributed by atoms with Crippen molar-refractivity contribution in [2.45, 2.75) is 69.8 Å². The molecule has 1 saturated carbocycles. The van der Waals surface area contributed by atoms with Crippen LogP contribution in [0.2, 0.25) is 0 Å². The maximum atomic E-state index is 12.3. The summed E-state index contributed by atoms with van der Waals surface area (Å²) < 4.78 is 11.5. The first-order valence-electron chi connectivity index (χ1n) is 13.1. The Kier molecular flexibility index (Phi) is 11.5. The first-order valence-corrected chi connectivity index (χ1v) is 13.1. The molecule has 206 valence electrons. The second kappa shape index (κ2) is 14.5. The minimum absolute atomic E-state index is 0.272. The Hall–Kier alpha value is -2.37. The van der Waals surface area contributed by atoms with Crippen LogP contribution in [0.15, 0.2) is 24.3 Å². The fraction of sp³-hybridized carbons (Fsp3) is 0.667. The predicted octanol–water partition coefficient (Wildman–Crippen LogP) is 0.908. The van der Waals surface area contributed by atoms with Crippen LogP contribution >= 0.6 is 0 Å². The molecule has 0 spiro atoms. The minimum Gasteiger partial charge on any atom is -0.490 e. The van der Waals surface area contributed by atoms with E-state index in [-0.39, 0.29) is 5.78 Å². The molecule has 4 rings (SSSR count). The molecule has 0 aromatic heterocycles. The molecule has 3 N–H and O–H groups in total. The molecule has 2 saturated heterocycles. The summed E-state index contributed by atoms with van der Waals surface area (Å²) in [5.74, 6) is -1.17. The van der Waals surface area contributed by atoms with Crippen LogP contribution in [-0.4, -0.2) is 113 Å². The van der Waals surface area contributed by atoms with Crippen molar-refractivity contribution in [3.63, 3.8) is 0 Å². The van der Waals surface area contributed by atoms with E-state index in [0.717, 1.165) is 63.4 Å². The molecule has 0 bridgehead atoms. The van der Waals surface area contributed by atoms with Crippen LogP contribution < -0.4 is 4.74 Å². The standard InChI is InChI=1S/C22H32N2O3.C5H8O5/c25-20(17-23-12-14-26-15-13-23)16-18-4-6-21(7-5-18)27-22-8-10-24(11-9-22)19-2-1-3-19;1-2(6)3(7)4(8)5(9)10/h4-7,19,22H,1-3,8-17H2;3-4,7-8H,1H3,(H,9,10). The van der Waals surface area contributed by atoms with Gasteiger partial charge in [0, 0.05) is 38.6 Å². The van der Waals surface area contributed by atoms with Gasteiger partial charge in [-0.1, -0.05) is 18.6 Å².